The molecule has 0 aliphatic carbocycles. The summed E-state index contributed by atoms with van der Waals surface area (Å²) in [6.07, 6.45) is 2.86. The molecule has 138 valence electrons. The van der Waals surface area contributed by atoms with E-state index in [-0.39, 0.29) is 11.9 Å². The SMILES string of the molecule is COC(=O)C1CCN(c2ncnc(Nc3ccc(Cl)c(Cl)c3)c2N)CC1. The first-order valence-corrected chi connectivity index (χ1v) is 8.90. The number of nitrogen functional groups attached to an aromatic ring is 1. The van der Waals surface area contributed by atoms with E-state index in [4.69, 9.17) is 33.7 Å². The van der Waals surface area contributed by atoms with Crippen LogP contribution in [0.2, 0.25) is 10.0 Å². The lowest BCUT2D eigenvalue weighted by molar-refractivity contribution is -0.146. The highest BCUT2D eigenvalue weighted by molar-refractivity contribution is 6.42. The van der Waals surface area contributed by atoms with Gasteiger partial charge in [-0.1, -0.05) is 23.2 Å². The van der Waals surface area contributed by atoms with Gasteiger partial charge in [0.2, 0.25) is 0 Å². The van der Waals surface area contributed by atoms with Gasteiger partial charge in [0.25, 0.3) is 0 Å². The molecule has 1 aliphatic rings. The van der Waals surface area contributed by atoms with Crippen LogP contribution in [-0.4, -0.2) is 36.1 Å². The number of nitrogens with one attached hydrogen (secondary N) is 1. The van der Waals surface area contributed by atoms with Crippen LogP contribution >= 0.6 is 23.2 Å². The lowest BCUT2D eigenvalue weighted by atomic mass is 9.97. The van der Waals surface area contributed by atoms with Crippen LogP contribution in [0, 0.1) is 5.92 Å². The highest BCUT2D eigenvalue weighted by Gasteiger charge is 2.27. The van der Waals surface area contributed by atoms with Gasteiger partial charge in [-0.15, -0.1) is 0 Å². The first-order chi connectivity index (χ1) is 12.5. The van der Waals surface area contributed by atoms with Crippen molar-refractivity contribution in [2.24, 2.45) is 5.92 Å². The van der Waals surface area contributed by atoms with E-state index in [2.05, 4.69) is 20.2 Å². The van der Waals surface area contributed by atoms with Crippen LogP contribution in [-0.2, 0) is 9.53 Å². The van der Waals surface area contributed by atoms with Crippen molar-refractivity contribution in [2.45, 2.75) is 12.8 Å². The zero-order valence-corrected chi connectivity index (χ0v) is 15.7. The molecule has 26 heavy (non-hydrogen) atoms. The number of aromatic nitrogens is 2. The number of ether oxygens (including phenoxy) is 1. The predicted octanol–water partition coefficient (Wildman–Crippen LogP) is 3.50. The van der Waals surface area contributed by atoms with Gasteiger partial charge in [-0.3, -0.25) is 4.79 Å². The van der Waals surface area contributed by atoms with Gasteiger partial charge in [-0.05, 0) is 31.0 Å². The van der Waals surface area contributed by atoms with Crippen LogP contribution in [0.4, 0.5) is 23.0 Å². The Balaban J connectivity index is 1.75. The number of benzene rings is 1. The predicted molar refractivity (Wildman–Crippen MR) is 103 cm³/mol. The molecule has 3 rings (SSSR count). The van der Waals surface area contributed by atoms with Crippen molar-refractivity contribution in [3.8, 4) is 0 Å². The summed E-state index contributed by atoms with van der Waals surface area (Å²) < 4.78 is 4.82. The average Bonchev–Trinajstić information content (AvgIpc) is 2.66. The lowest BCUT2D eigenvalue weighted by Crippen LogP contribution is -2.37. The number of anilines is 4. The molecule has 1 aliphatic heterocycles. The number of piperidine rings is 1. The van der Waals surface area contributed by atoms with Gasteiger partial charge in [0, 0.05) is 18.8 Å². The van der Waals surface area contributed by atoms with Crippen molar-refractivity contribution < 1.29 is 9.53 Å². The van der Waals surface area contributed by atoms with Gasteiger partial charge in [0.15, 0.2) is 11.6 Å². The number of hydrogen-bond acceptors (Lipinski definition) is 7. The average molecular weight is 396 g/mol. The quantitative estimate of drug-likeness (QED) is 0.764. The number of carbonyl (C=O) groups excluding carboxylic acids is 1. The highest BCUT2D eigenvalue weighted by Crippen LogP contribution is 2.33. The van der Waals surface area contributed by atoms with Gasteiger partial charge in [-0.25, -0.2) is 9.97 Å². The Morgan fingerprint density at radius 1 is 1.27 bits per heavy atom. The number of carbonyl (C=O) groups is 1. The van der Waals surface area contributed by atoms with Crippen molar-refractivity contribution >= 4 is 52.2 Å². The maximum atomic E-state index is 11.7. The number of nitrogens with two attached hydrogens (primary N) is 1. The van der Waals surface area contributed by atoms with Crippen LogP contribution in [0.3, 0.4) is 0 Å². The Labute approximate surface area is 161 Å². The molecular formula is C17H19Cl2N5O2. The van der Waals surface area contributed by atoms with E-state index in [1.165, 1.54) is 13.4 Å². The fourth-order valence-electron chi connectivity index (χ4n) is 2.94. The van der Waals surface area contributed by atoms with Gasteiger partial charge in [-0.2, -0.15) is 0 Å². The Kier molecular flexibility index (Phi) is 5.68. The first kappa shape index (κ1) is 18.5. The normalized spacial score (nSPS) is 15.0. The van der Waals surface area contributed by atoms with Crippen LogP contribution in [0.5, 0.6) is 0 Å². The molecule has 1 fully saturated rings. The number of nitrogens with zero attached hydrogens (tertiary/aromatic N) is 3. The summed E-state index contributed by atoms with van der Waals surface area (Å²) in [5.41, 5.74) is 7.43. The van der Waals surface area contributed by atoms with E-state index in [1.807, 2.05) is 0 Å². The number of halogens is 2. The minimum absolute atomic E-state index is 0.0758. The van der Waals surface area contributed by atoms with Crippen LogP contribution in [0.15, 0.2) is 24.5 Å². The molecular weight excluding hydrogens is 377 g/mol. The van der Waals surface area contributed by atoms with E-state index in [9.17, 15) is 4.79 Å². The summed E-state index contributed by atoms with van der Waals surface area (Å²) in [7, 11) is 1.41. The topological polar surface area (TPSA) is 93.4 Å². The molecule has 0 atom stereocenters. The summed E-state index contributed by atoms with van der Waals surface area (Å²) >= 11 is 12.0. The smallest absolute Gasteiger partial charge is 0.308 e. The monoisotopic (exact) mass is 395 g/mol. The minimum Gasteiger partial charge on any atom is -0.469 e. The van der Waals surface area contributed by atoms with E-state index in [0.717, 1.165) is 5.69 Å². The maximum Gasteiger partial charge on any atom is 0.308 e. The molecule has 0 radical (unpaired) electrons. The molecule has 2 aromatic rings. The Morgan fingerprint density at radius 2 is 2.00 bits per heavy atom. The van der Waals surface area contributed by atoms with E-state index in [0.29, 0.717) is 53.3 Å². The number of hydrogen-bond donors (Lipinski definition) is 2. The van der Waals surface area contributed by atoms with Crippen LogP contribution < -0.4 is 16.0 Å². The van der Waals surface area contributed by atoms with Crippen molar-refractivity contribution in [3.05, 3.63) is 34.6 Å². The summed E-state index contributed by atoms with van der Waals surface area (Å²) in [6, 6.07) is 5.19. The fraction of sp³-hybridized carbons (Fsp3) is 0.353. The second-order valence-electron chi connectivity index (χ2n) is 6.00. The largest absolute Gasteiger partial charge is 0.469 e. The van der Waals surface area contributed by atoms with Crippen molar-refractivity contribution in [1.29, 1.82) is 0 Å². The molecule has 0 saturated carbocycles. The Hall–Kier alpha value is -2.25. The second kappa shape index (κ2) is 7.97. The molecule has 2 heterocycles. The highest BCUT2D eigenvalue weighted by atomic mass is 35.5. The van der Waals surface area contributed by atoms with E-state index < -0.39 is 0 Å². The molecule has 7 nitrogen and oxygen atoms in total. The maximum absolute atomic E-state index is 11.7. The Bertz CT molecular complexity index is 810. The summed E-state index contributed by atoms with van der Waals surface area (Å²) in [5.74, 6) is 0.893. The molecule has 1 aromatic carbocycles. The number of rotatable bonds is 4. The Morgan fingerprint density at radius 3 is 2.65 bits per heavy atom. The molecule has 0 bridgehead atoms. The molecule has 9 heteroatoms. The third kappa shape index (κ3) is 3.94. The lowest BCUT2D eigenvalue weighted by Gasteiger charge is -2.32. The third-order valence-electron chi connectivity index (χ3n) is 4.37. The standard InChI is InChI=1S/C17H19Cl2N5O2/c1-26-17(25)10-4-6-24(7-5-10)16-14(20)15(21-9-22-16)23-11-2-3-12(18)13(19)8-11/h2-3,8-10H,4-7,20H2,1H3,(H,21,22,23). The van der Waals surface area contributed by atoms with Crippen molar-refractivity contribution in [1.82, 2.24) is 9.97 Å². The van der Waals surface area contributed by atoms with Gasteiger partial charge in [0.05, 0.1) is 23.1 Å². The fourth-order valence-corrected chi connectivity index (χ4v) is 3.24. The zero-order chi connectivity index (χ0) is 18.7. The van der Waals surface area contributed by atoms with Crippen LogP contribution in [0.25, 0.3) is 0 Å². The molecule has 1 saturated heterocycles. The third-order valence-corrected chi connectivity index (χ3v) is 5.11. The second-order valence-corrected chi connectivity index (χ2v) is 6.81. The van der Waals surface area contributed by atoms with Gasteiger partial charge in [0.1, 0.15) is 12.0 Å². The molecule has 0 spiro atoms. The summed E-state index contributed by atoms with van der Waals surface area (Å²) in [5, 5.41) is 4.05. The van der Waals surface area contributed by atoms with Crippen LogP contribution in [0.1, 0.15) is 12.8 Å². The molecule has 3 N–H and O–H groups in total. The summed E-state index contributed by atoms with van der Waals surface area (Å²) in [6.45, 7) is 1.35. The number of esters is 1. The van der Waals surface area contributed by atoms with Gasteiger partial charge >= 0.3 is 5.97 Å². The zero-order valence-electron chi connectivity index (χ0n) is 14.2. The first-order valence-electron chi connectivity index (χ1n) is 8.15. The number of methoxy groups -OCH3 is 1. The minimum atomic E-state index is -0.165. The molecule has 0 unspecified atom stereocenters. The molecule has 1 aromatic heterocycles. The van der Waals surface area contributed by atoms with E-state index >= 15 is 0 Å². The van der Waals surface area contributed by atoms with E-state index in [1.54, 1.807) is 18.2 Å². The van der Waals surface area contributed by atoms with Crippen molar-refractivity contribution in [3.63, 3.8) is 0 Å². The summed E-state index contributed by atoms with van der Waals surface area (Å²) in [4.78, 5) is 22.2. The van der Waals surface area contributed by atoms with Gasteiger partial charge < -0.3 is 20.7 Å². The van der Waals surface area contributed by atoms with Crippen molar-refractivity contribution in [2.75, 3.05) is 36.1 Å². The molecule has 0 amide bonds.